The van der Waals surface area contributed by atoms with Crippen LogP contribution in [0.2, 0.25) is 0 Å². The molecule has 0 aromatic heterocycles. The van der Waals surface area contributed by atoms with E-state index in [2.05, 4.69) is 129 Å². The molecule has 0 heterocycles. The molecule has 0 saturated carbocycles. The zero-order chi connectivity index (χ0) is 27.5. The van der Waals surface area contributed by atoms with Gasteiger partial charge in [0.15, 0.2) is 0 Å². The minimum absolute atomic E-state index is 0. The predicted octanol–water partition coefficient (Wildman–Crippen LogP) is 3.76. The Morgan fingerprint density at radius 3 is 1.82 bits per heavy atom. The summed E-state index contributed by atoms with van der Waals surface area (Å²) >= 11 is 1.30. The Hall–Kier alpha value is -0.747. The Bertz CT molecular complexity index is 1060. The quantitative estimate of drug-likeness (QED) is 0.379. The molecule has 4 rings (SSSR count). The number of hydrogen-bond acceptors (Lipinski definition) is 0. The fraction of sp³-hybridized carbons (Fsp3) is 0.514. The summed E-state index contributed by atoms with van der Waals surface area (Å²) in [7, 11) is 0. The van der Waals surface area contributed by atoms with E-state index in [1.807, 2.05) is 0 Å². The number of allylic oxidation sites excluding steroid dienone is 4. The van der Waals surface area contributed by atoms with Gasteiger partial charge in [-0.2, -0.15) is 41.0 Å². The van der Waals surface area contributed by atoms with Crippen molar-refractivity contribution in [3.63, 3.8) is 0 Å². The predicted molar refractivity (Wildman–Crippen MR) is 156 cm³/mol. The Balaban J connectivity index is 0.000000703. The van der Waals surface area contributed by atoms with Crippen LogP contribution in [-0.4, -0.2) is 4.21 Å². The fourth-order valence-electron chi connectivity index (χ4n) is 4.84. The molecule has 0 nitrogen and oxygen atoms in total. The Kier molecular flexibility index (Phi) is 14.5. The summed E-state index contributed by atoms with van der Waals surface area (Å²) in [6.45, 7) is 25.0. The second-order valence-electron chi connectivity index (χ2n) is 13.2. The third kappa shape index (κ3) is 9.14. The van der Waals surface area contributed by atoms with Gasteiger partial charge in [-0.05, 0) is 17.4 Å². The number of halogens is 2. The van der Waals surface area contributed by atoms with Gasteiger partial charge in [-0.15, -0.1) is 5.56 Å². The number of rotatable bonds is 2. The largest absolute Gasteiger partial charge is 1.00 e. The normalized spacial score (nSPS) is 15.8. The van der Waals surface area contributed by atoms with Gasteiger partial charge in [0.1, 0.15) is 0 Å². The number of benzene rings is 2. The molecule has 2 aliphatic carbocycles. The van der Waals surface area contributed by atoms with E-state index in [4.69, 9.17) is 0 Å². The van der Waals surface area contributed by atoms with Crippen LogP contribution in [0, 0.1) is 23.5 Å². The van der Waals surface area contributed by atoms with Gasteiger partial charge >= 0.3 is 28.4 Å². The van der Waals surface area contributed by atoms with E-state index in [9.17, 15) is 0 Å². The summed E-state index contributed by atoms with van der Waals surface area (Å²) in [5.74, 6) is 0.573. The van der Waals surface area contributed by atoms with Crippen LogP contribution in [-0.2, 0) is 41.5 Å². The zero-order valence-corrected chi connectivity index (χ0v) is 29.6. The second-order valence-corrected chi connectivity index (χ2v) is 13.2. The minimum Gasteiger partial charge on any atom is -1.00 e. The van der Waals surface area contributed by atoms with Crippen LogP contribution >= 0.6 is 0 Å². The smallest absolute Gasteiger partial charge is 1.00 e. The van der Waals surface area contributed by atoms with E-state index in [-0.39, 0.29) is 35.6 Å². The van der Waals surface area contributed by atoms with Gasteiger partial charge in [0.05, 0.1) is 0 Å². The van der Waals surface area contributed by atoms with Crippen molar-refractivity contribution >= 4 is 4.21 Å². The monoisotopic (exact) mass is 628 g/mol. The van der Waals surface area contributed by atoms with Gasteiger partial charge in [-0.3, -0.25) is 6.08 Å². The molecule has 2 aromatic rings. The average Bonchev–Trinajstić information content (AvgIpc) is 3.40. The van der Waals surface area contributed by atoms with E-state index in [1.54, 1.807) is 0 Å². The first-order valence-corrected chi connectivity index (χ1v) is 15.3. The topological polar surface area (TPSA) is 0 Å². The Morgan fingerprint density at radius 2 is 1.37 bits per heavy atom. The van der Waals surface area contributed by atoms with Crippen LogP contribution in [0.25, 0.3) is 11.1 Å². The van der Waals surface area contributed by atoms with Crippen LogP contribution in [0.1, 0.15) is 111 Å². The minimum atomic E-state index is 0. The first kappa shape index (κ1) is 37.3. The molecular weight excluding hydrogens is 583 g/mol. The Labute approximate surface area is 262 Å². The van der Waals surface area contributed by atoms with Gasteiger partial charge in [-0.1, -0.05) is 135 Å². The molecule has 0 saturated heterocycles. The van der Waals surface area contributed by atoms with E-state index in [0.29, 0.717) is 11.3 Å². The Morgan fingerprint density at radius 1 is 0.816 bits per heavy atom. The van der Waals surface area contributed by atoms with Crippen molar-refractivity contribution in [3.05, 3.63) is 82.0 Å². The average molecular weight is 631 g/mol. The van der Waals surface area contributed by atoms with Crippen LogP contribution in [0.5, 0.6) is 0 Å². The van der Waals surface area contributed by atoms with Crippen molar-refractivity contribution in [2.75, 3.05) is 0 Å². The zero-order valence-electron chi connectivity index (χ0n) is 25.6. The van der Waals surface area contributed by atoms with Gasteiger partial charge in [0, 0.05) is 0 Å². The first-order valence-electron chi connectivity index (χ1n) is 13.5. The van der Waals surface area contributed by atoms with Crippen LogP contribution in [0.15, 0.2) is 47.6 Å². The summed E-state index contributed by atoms with van der Waals surface area (Å²) in [6, 6.07) is 15.1. The molecule has 2 aromatic carbocycles. The summed E-state index contributed by atoms with van der Waals surface area (Å²) in [5.41, 5.74) is 12.0. The van der Waals surface area contributed by atoms with E-state index >= 15 is 0 Å². The molecule has 1 unspecified atom stereocenters. The van der Waals surface area contributed by atoms with Gasteiger partial charge in [0.2, 0.25) is 0 Å². The van der Waals surface area contributed by atoms with Crippen molar-refractivity contribution in [1.29, 1.82) is 0 Å². The fourth-order valence-corrected chi connectivity index (χ4v) is 4.84. The molecule has 38 heavy (non-hydrogen) atoms. The SMILES string of the molecule is CC(C)(C)c1c[c-]c2c(c1)-c1cc(C(C)(C)C)ccc1C2.CCC1=[C-]C(CC)C=C1C(C)(C)C.[CH2]=[Zr+2].[Cl-].[Cl-]. The van der Waals surface area contributed by atoms with E-state index < -0.39 is 0 Å². The molecule has 0 spiro atoms. The molecule has 1 atom stereocenters. The van der Waals surface area contributed by atoms with Crippen molar-refractivity contribution in [2.24, 2.45) is 11.3 Å². The van der Waals surface area contributed by atoms with Crippen LogP contribution in [0.3, 0.4) is 0 Å². The molecule has 0 N–H and O–H groups in total. The maximum Gasteiger partial charge on any atom is -1.00 e. The molecule has 0 fully saturated rings. The summed E-state index contributed by atoms with van der Waals surface area (Å²) in [4.78, 5) is 0. The second kappa shape index (κ2) is 14.8. The van der Waals surface area contributed by atoms with Gasteiger partial charge in [0.25, 0.3) is 0 Å². The molecule has 2 aliphatic rings. The first-order chi connectivity index (χ1) is 16.6. The molecule has 0 bridgehead atoms. The summed E-state index contributed by atoms with van der Waals surface area (Å²) < 4.78 is 3.34. The molecule has 0 amide bonds. The molecule has 3 heteroatoms. The van der Waals surface area contributed by atoms with Crippen molar-refractivity contribution in [3.8, 4) is 11.1 Å². The molecular formula is C35H48Cl2Zr-2. The standard InChI is InChI=1S/C21H25.C13H21.CH2.2ClH.Zr/c1-20(2,3)16-9-7-14-11-15-8-10-17(21(4,5)6)13-19(15)18(14)12-16;1-6-10-8-11(7-2)12(9-10)13(3,4)5;;;;/h7,9-10,12-13H,11H2,1-6H3;9-10H,6-7H2,1-5H3;1H2;2*1H;/q2*-1;;;;+2/p-2. The molecule has 208 valence electrons. The molecule has 0 aliphatic heterocycles. The van der Waals surface area contributed by atoms with Crippen molar-refractivity contribution in [1.82, 2.24) is 0 Å². The van der Waals surface area contributed by atoms with Gasteiger partial charge in [-0.25, -0.2) is 5.57 Å². The van der Waals surface area contributed by atoms with Crippen molar-refractivity contribution < 1.29 is 49.0 Å². The number of hydrogen-bond donors (Lipinski definition) is 0. The van der Waals surface area contributed by atoms with Crippen LogP contribution < -0.4 is 24.8 Å². The van der Waals surface area contributed by atoms with Crippen LogP contribution in [0.4, 0.5) is 0 Å². The van der Waals surface area contributed by atoms with Crippen molar-refractivity contribution in [2.45, 2.75) is 106 Å². The molecule has 0 radical (unpaired) electrons. The summed E-state index contributed by atoms with van der Waals surface area (Å²) in [5, 5.41) is 0. The number of fused-ring (bicyclic) bond motifs is 3. The third-order valence-corrected chi connectivity index (χ3v) is 7.18. The van der Waals surface area contributed by atoms with E-state index in [1.165, 1.54) is 75.2 Å². The van der Waals surface area contributed by atoms with Gasteiger partial charge < -0.3 is 24.8 Å². The van der Waals surface area contributed by atoms with E-state index in [0.717, 1.165) is 12.8 Å². The summed E-state index contributed by atoms with van der Waals surface area (Å²) in [6.07, 6.45) is 9.31. The maximum atomic E-state index is 3.57. The third-order valence-electron chi connectivity index (χ3n) is 7.18. The maximum absolute atomic E-state index is 3.57.